The Bertz CT molecular complexity index is 745. The molecule has 0 unspecified atom stereocenters. The Balaban J connectivity index is 1.65. The number of carbonyl (C=O) groups excluding carboxylic acids is 2. The Morgan fingerprint density at radius 2 is 1.92 bits per heavy atom. The molecule has 2 rings (SSSR count). The number of ether oxygens (including phenoxy) is 1. The molecule has 2 amide bonds. The first-order valence-electron chi connectivity index (χ1n) is 8.23. The largest absolute Gasteiger partial charge is 0.493 e. The van der Waals surface area contributed by atoms with Crippen LogP contribution in [0, 0.1) is 19.8 Å². The highest BCUT2D eigenvalue weighted by molar-refractivity contribution is 7.91. The predicted octanol–water partition coefficient (Wildman–Crippen LogP) is 1.04. The molecule has 0 spiro atoms. The zero-order valence-electron chi connectivity index (χ0n) is 14.5. The summed E-state index contributed by atoms with van der Waals surface area (Å²) in [6, 6.07) is 5.85. The topological polar surface area (TPSA) is 102 Å². The Morgan fingerprint density at radius 1 is 1.20 bits per heavy atom. The van der Waals surface area contributed by atoms with Crippen molar-refractivity contribution in [3.8, 4) is 5.75 Å². The van der Waals surface area contributed by atoms with Crippen LogP contribution >= 0.6 is 0 Å². The average Bonchev–Trinajstić information content (AvgIpc) is 2.87. The summed E-state index contributed by atoms with van der Waals surface area (Å²) < 4.78 is 28.3. The van der Waals surface area contributed by atoms with Gasteiger partial charge in [-0.2, -0.15) is 0 Å². The van der Waals surface area contributed by atoms with E-state index >= 15 is 0 Å². The van der Waals surface area contributed by atoms with E-state index < -0.39 is 9.84 Å². The molecule has 1 fully saturated rings. The van der Waals surface area contributed by atoms with Gasteiger partial charge in [-0.15, -0.1) is 0 Å². The number of sulfone groups is 1. The van der Waals surface area contributed by atoms with Crippen molar-refractivity contribution >= 4 is 21.7 Å². The molecule has 0 aromatic heterocycles. The molecule has 1 aromatic rings. The van der Waals surface area contributed by atoms with Crippen molar-refractivity contribution < 1.29 is 22.7 Å². The number of hydrazine groups is 1. The van der Waals surface area contributed by atoms with Crippen molar-refractivity contribution in [3.05, 3.63) is 29.3 Å². The number of nitrogens with one attached hydrogen (secondary N) is 2. The van der Waals surface area contributed by atoms with E-state index in [1.165, 1.54) is 0 Å². The summed E-state index contributed by atoms with van der Waals surface area (Å²) in [5.74, 6) is -0.0113. The molecular formula is C17H24N2O5S. The van der Waals surface area contributed by atoms with E-state index in [4.69, 9.17) is 4.74 Å². The van der Waals surface area contributed by atoms with Gasteiger partial charge in [-0.1, -0.05) is 12.1 Å². The first-order valence-corrected chi connectivity index (χ1v) is 10.1. The van der Waals surface area contributed by atoms with Crippen LogP contribution in [-0.2, 0) is 19.4 Å². The SMILES string of the molecule is Cc1ccc(C)c(OCCC(=O)NNC(=O)C[C@@H]2CCS(=O)(=O)C2)c1. The van der Waals surface area contributed by atoms with Crippen molar-refractivity contribution in [2.75, 3.05) is 18.1 Å². The van der Waals surface area contributed by atoms with E-state index in [0.29, 0.717) is 6.42 Å². The van der Waals surface area contributed by atoms with Crippen molar-refractivity contribution in [1.29, 1.82) is 0 Å². The zero-order valence-corrected chi connectivity index (χ0v) is 15.3. The monoisotopic (exact) mass is 368 g/mol. The molecule has 1 saturated heterocycles. The number of hydrogen-bond acceptors (Lipinski definition) is 5. The van der Waals surface area contributed by atoms with E-state index in [9.17, 15) is 18.0 Å². The third-order valence-corrected chi connectivity index (χ3v) is 5.91. The fourth-order valence-electron chi connectivity index (χ4n) is 2.66. The van der Waals surface area contributed by atoms with E-state index in [1.54, 1.807) is 0 Å². The fraction of sp³-hybridized carbons (Fsp3) is 0.529. The highest BCUT2D eigenvalue weighted by atomic mass is 32.2. The maximum absolute atomic E-state index is 11.7. The molecule has 1 atom stereocenters. The quantitative estimate of drug-likeness (QED) is 0.731. The van der Waals surface area contributed by atoms with Crippen LogP contribution in [0.1, 0.15) is 30.4 Å². The summed E-state index contributed by atoms with van der Waals surface area (Å²) in [6.45, 7) is 4.09. The lowest BCUT2D eigenvalue weighted by Crippen LogP contribution is -2.42. The van der Waals surface area contributed by atoms with Crippen molar-refractivity contribution in [3.63, 3.8) is 0 Å². The lowest BCUT2D eigenvalue weighted by atomic mass is 10.1. The van der Waals surface area contributed by atoms with Gasteiger partial charge in [-0.05, 0) is 43.4 Å². The van der Waals surface area contributed by atoms with Gasteiger partial charge < -0.3 is 4.74 Å². The van der Waals surface area contributed by atoms with Gasteiger partial charge in [0.25, 0.3) is 0 Å². The van der Waals surface area contributed by atoms with Gasteiger partial charge in [0.2, 0.25) is 11.8 Å². The van der Waals surface area contributed by atoms with Gasteiger partial charge in [-0.3, -0.25) is 20.4 Å². The van der Waals surface area contributed by atoms with Crippen molar-refractivity contribution in [2.24, 2.45) is 5.92 Å². The minimum absolute atomic E-state index is 0.0397. The summed E-state index contributed by atoms with van der Waals surface area (Å²) in [7, 11) is -3.00. The summed E-state index contributed by atoms with van der Waals surface area (Å²) in [5.41, 5.74) is 6.71. The smallest absolute Gasteiger partial charge is 0.241 e. The maximum Gasteiger partial charge on any atom is 0.241 e. The summed E-state index contributed by atoms with van der Waals surface area (Å²) in [6.07, 6.45) is 0.692. The first-order chi connectivity index (χ1) is 11.7. The molecule has 1 aliphatic heterocycles. The van der Waals surface area contributed by atoms with E-state index in [-0.39, 0.29) is 48.7 Å². The molecule has 25 heavy (non-hydrogen) atoms. The number of benzene rings is 1. The van der Waals surface area contributed by atoms with Gasteiger partial charge in [-0.25, -0.2) is 8.42 Å². The molecule has 1 aromatic carbocycles. The van der Waals surface area contributed by atoms with Gasteiger partial charge in [0.1, 0.15) is 5.75 Å². The van der Waals surface area contributed by atoms with Gasteiger partial charge in [0.15, 0.2) is 9.84 Å². The van der Waals surface area contributed by atoms with Gasteiger partial charge in [0.05, 0.1) is 24.5 Å². The van der Waals surface area contributed by atoms with Crippen LogP contribution in [0.25, 0.3) is 0 Å². The van der Waals surface area contributed by atoms with Crippen LogP contribution in [-0.4, -0.2) is 38.3 Å². The molecule has 0 radical (unpaired) electrons. The molecule has 7 nitrogen and oxygen atoms in total. The van der Waals surface area contributed by atoms with Gasteiger partial charge in [0, 0.05) is 6.42 Å². The second kappa shape index (κ2) is 8.33. The second-order valence-electron chi connectivity index (χ2n) is 6.44. The number of rotatable bonds is 6. The Hall–Kier alpha value is -2.09. The summed E-state index contributed by atoms with van der Waals surface area (Å²) in [5, 5.41) is 0. The fourth-order valence-corrected chi connectivity index (χ4v) is 4.53. The first kappa shape index (κ1) is 19.2. The predicted molar refractivity (Wildman–Crippen MR) is 93.7 cm³/mol. The molecule has 138 valence electrons. The molecular weight excluding hydrogens is 344 g/mol. The molecule has 1 aliphatic rings. The summed E-state index contributed by atoms with van der Waals surface area (Å²) >= 11 is 0. The normalized spacial score (nSPS) is 18.6. The Kier molecular flexibility index (Phi) is 6.41. The molecule has 2 N–H and O–H groups in total. The minimum atomic E-state index is -3.00. The minimum Gasteiger partial charge on any atom is -0.493 e. The lowest BCUT2D eigenvalue weighted by molar-refractivity contribution is -0.129. The molecule has 1 heterocycles. The Morgan fingerprint density at radius 3 is 2.60 bits per heavy atom. The summed E-state index contributed by atoms with van der Waals surface area (Å²) in [4.78, 5) is 23.5. The van der Waals surface area contributed by atoms with E-state index in [2.05, 4.69) is 10.9 Å². The number of hydrogen-bond donors (Lipinski definition) is 2. The van der Waals surface area contributed by atoms with Crippen LogP contribution in [0.15, 0.2) is 18.2 Å². The number of carbonyl (C=O) groups is 2. The molecule has 0 bridgehead atoms. The van der Waals surface area contributed by atoms with E-state index in [0.717, 1.165) is 16.9 Å². The third kappa shape index (κ3) is 6.38. The number of aryl methyl sites for hydroxylation is 2. The zero-order chi connectivity index (χ0) is 18.4. The Labute approximate surface area is 148 Å². The highest BCUT2D eigenvalue weighted by Gasteiger charge is 2.29. The lowest BCUT2D eigenvalue weighted by Gasteiger charge is -2.11. The molecule has 0 saturated carbocycles. The standard InChI is InChI=1S/C17H24N2O5S/c1-12-3-4-13(2)15(9-12)24-7-5-16(20)18-19-17(21)10-14-6-8-25(22,23)11-14/h3-4,9,14H,5-8,10-11H2,1-2H3,(H,18,20)(H,19,21)/t14-/m0/s1. The maximum atomic E-state index is 11.7. The van der Waals surface area contributed by atoms with Crippen LogP contribution in [0.4, 0.5) is 0 Å². The van der Waals surface area contributed by atoms with Crippen molar-refractivity contribution in [2.45, 2.75) is 33.1 Å². The molecule has 0 aliphatic carbocycles. The van der Waals surface area contributed by atoms with Gasteiger partial charge >= 0.3 is 0 Å². The highest BCUT2D eigenvalue weighted by Crippen LogP contribution is 2.21. The third-order valence-electron chi connectivity index (χ3n) is 4.07. The number of amides is 2. The van der Waals surface area contributed by atoms with Crippen LogP contribution in [0.3, 0.4) is 0 Å². The van der Waals surface area contributed by atoms with Crippen LogP contribution < -0.4 is 15.6 Å². The van der Waals surface area contributed by atoms with E-state index in [1.807, 2.05) is 32.0 Å². The van der Waals surface area contributed by atoms with Crippen LogP contribution in [0.2, 0.25) is 0 Å². The average molecular weight is 368 g/mol. The van der Waals surface area contributed by atoms with Crippen molar-refractivity contribution in [1.82, 2.24) is 10.9 Å². The van der Waals surface area contributed by atoms with Crippen LogP contribution in [0.5, 0.6) is 5.75 Å². The molecule has 8 heteroatoms. The second-order valence-corrected chi connectivity index (χ2v) is 8.67.